The number of ether oxygens (including phenoxy) is 2. The van der Waals surface area contributed by atoms with Crippen molar-refractivity contribution in [2.45, 2.75) is 58.8 Å². The van der Waals surface area contributed by atoms with E-state index in [-0.39, 0.29) is 19.0 Å². The molecule has 0 aromatic carbocycles. The van der Waals surface area contributed by atoms with E-state index in [2.05, 4.69) is 5.32 Å². The Labute approximate surface area is 131 Å². The standard InChI is InChI=1S/C15H28N2O5/c1-14(2,3)21-12(19)16-7-10-8-17(9-11(10)18)13(20)22-15(4,5)6/h10-11,18H,7-9H2,1-6H3,(H,16,19)/t10-,11-/m0/s1. The van der Waals surface area contributed by atoms with Gasteiger partial charge in [0.2, 0.25) is 0 Å². The van der Waals surface area contributed by atoms with Crippen molar-refractivity contribution < 1.29 is 24.2 Å². The first kappa shape index (κ1) is 18.5. The van der Waals surface area contributed by atoms with Crippen molar-refractivity contribution >= 4 is 12.2 Å². The molecule has 1 fully saturated rings. The Morgan fingerprint density at radius 1 is 1.09 bits per heavy atom. The lowest BCUT2D eigenvalue weighted by Gasteiger charge is -2.24. The van der Waals surface area contributed by atoms with E-state index < -0.39 is 29.5 Å². The molecular formula is C15H28N2O5. The summed E-state index contributed by atoms with van der Waals surface area (Å²) in [6.45, 7) is 11.5. The van der Waals surface area contributed by atoms with Crippen LogP contribution < -0.4 is 5.32 Å². The average molecular weight is 316 g/mol. The Hall–Kier alpha value is -1.50. The second kappa shape index (κ2) is 6.73. The number of aliphatic hydroxyl groups is 1. The molecule has 0 bridgehead atoms. The van der Waals surface area contributed by atoms with Crippen LogP contribution in [0.2, 0.25) is 0 Å². The van der Waals surface area contributed by atoms with Gasteiger partial charge in [-0.25, -0.2) is 9.59 Å². The first-order valence-electron chi connectivity index (χ1n) is 7.50. The fourth-order valence-corrected chi connectivity index (χ4v) is 2.06. The molecule has 0 radical (unpaired) electrons. The lowest BCUT2D eigenvalue weighted by atomic mass is 10.1. The molecule has 128 valence electrons. The van der Waals surface area contributed by atoms with Crippen molar-refractivity contribution in [2.75, 3.05) is 19.6 Å². The highest BCUT2D eigenvalue weighted by Crippen LogP contribution is 2.19. The molecule has 0 aromatic rings. The quantitative estimate of drug-likeness (QED) is 0.810. The molecule has 2 N–H and O–H groups in total. The maximum Gasteiger partial charge on any atom is 0.410 e. The highest BCUT2D eigenvalue weighted by Gasteiger charge is 2.36. The van der Waals surface area contributed by atoms with Gasteiger partial charge in [0.25, 0.3) is 0 Å². The van der Waals surface area contributed by atoms with Crippen molar-refractivity contribution in [3.05, 3.63) is 0 Å². The lowest BCUT2D eigenvalue weighted by Crippen LogP contribution is -2.38. The number of nitrogens with zero attached hydrogens (tertiary/aromatic N) is 1. The lowest BCUT2D eigenvalue weighted by molar-refractivity contribution is 0.0269. The number of carbonyl (C=O) groups excluding carboxylic acids is 2. The molecule has 7 nitrogen and oxygen atoms in total. The minimum atomic E-state index is -0.692. The molecule has 0 spiro atoms. The SMILES string of the molecule is CC(C)(C)OC(=O)NC[C@H]1CN(C(=O)OC(C)(C)C)C[C@@H]1O. The molecule has 0 saturated carbocycles. The van der Waals surface area contributed by atoms with Gasteiger partial charge in [0, 0.05) is 19.0 Å². The number of nitrogens with one attached hydrogen (secondary N) is 1. The maximum atomic E-state index is 12.0. The van der Waals surface area contributed by atoms with Gasteiger partial charge < -0.3 is 24.8 Å². The summed E-state index contributed by atoms with van der Waals surface area (Å²) in [7, 11) is 0. The zero-order valence-corrected chi connectivity index (χ0v) is 14.3. The molecular weight excluding hydrogens is 288 g/mol. The van der Waals surface area contributed by atoms with Crippen LogP contribution in [0.1, 0.15) is 41.5 Å². The van der Waals surface area contributed by atoms with E-state index in [0.29, 0.717) is 6.54 Å². The summed E-state index contributed by atoms with van der Waals surface area (Å²) in [4.78, 5) is 25.0. The van der Waals surface area contributed by atoms with Gasteiger partial charge in [0.1, 0.15) is 11.2 Å². The van der Waals surface area contributed by atoms with Crippen molar-refractivity contribution in [1.29, 1.82) is 0 Å². The van der Waals surface area contributed by atoms with Crippen LogP contribution in [0, 0.1) is 5.92 Å². The zero-order valence-electron chi connectivity index (χ0n) is 14.3. The largest absolute Gasteiger partial charge is 0.444 e. The highest BCUT2D eigenvalue weighted by atomic mass is 16.6. The van der Waals surface area contributed by atoms with Crippen LogP contribution in [-0.4, -0.2) is 59.1 Å². The van der Waals surface area contributed by atoms with Gasteiger partial charge >= 0.3 is 12.2 Å². The maximum absolute atomic E-state index is 12.0. The third-order valence-corrected chi connectivity index (χ3v) is 2.97. The number of likely N-dealkylation sites (tertiary alicyclic amines) is 1. The Balaban J connectivity index is 2.44. The summed E-state index contributed by atoms with van der Waals surface area (Å²) in [6.07, 6.45) is -1.68. The minimum Gasteiger partial charge on any atom is -0.444 e. The number of carbonyl (C=O) groups is 2. The van der Waals surface area contributed by atoms with Gasteiger partial charge in [0.05, 0.1) is 12.6 Å². The summed E-state index contributed by atoms with van der Waals surface area (Å²) < 4.78 is 10.4. The van der Waals surface area contributed by atoms with Gasteiger partial charge in [-0.2, -0.15) is 0 Å². The average Bonchev–Trinajstić information content (AvgIpc) is 2.63. The normalized spacial score (nSPS) is 22.4. The summed E-state index contributed by atoms with van der Waals surface area (Å²) in [5.74, 6) is -0.236. The Morgan fingerprint density at radius 3 is 2.14 bits per heavy atom. The third kappa shape index (κ3) is 6.51. The second-order valence-electron chi connectivity index (χ2n) is 7.60. The van der Waals surface area contributed by atoms with E-state index in [1.54, 1.807) is 41.5 Å². The van der Waals surface area contributed by atoms with Crippen LogP contribution in [-0.2, 0) is 9.47 Å². The van der Waals surface area contributed by atoms with Crippen LogP contribution >= 0.6 is 0 Å². The molecule has 2 atom stereocenters. The van der Waals surface area contributed by atoms with E-state index >= 15 is 0 Å². The number of aliphatic hydroxyl groups excluding tert-OH is 1. The fourth-order valence-electron chi connectivity index (χ4n) is 2.06. The number of hydrogen-bond donors (Lipinski definition) is 2. The topological polar surface area (TPSA) is 88.1 Å². The van der Waals surface area contributed by atoms with Gasteiger partial charge in [-0.1, -0.05) is 0 Å². The second-order valence-corrected chi connectivity index (χ2v) is 7.60. The molecule has 1 saturated heterocycles. The number of hydrogen-bond acceptors (Lipinski definition) is 5. The van der Waals surface area contributed by atoms with Crippen molar-refractivity contribution in [2.24, 2.45) is 5.92 Å². The Kier molecular flexibility index (Phi) is 5.67. The minimum absolute atomic E-state index is 0.204. The van der Waals surface area contributed by atoms with Gasteiger partial charge in [-0.15, -0.1) is 0 Å². The first-order valence-corrected chi connectivity index (χ1v) is 7.50. The van der Waals surface area contributed by atoms with Crippen LogP contribution in [0.3, 0.4) is 0 Å². The van der Waals surface area contributed by atoms with E-state index in [9.17, 15) is 14.7 Å². The number of amides is 2. The first-order chi connectivity index (χ1) is 9.87. The Morgan fingerprint density at radius 2 is 1.64 bits per heavy atom. The van der Waals surface area contributed by atoms with Gasteiger partial charge in [-0.05, 0) is 41.5 Å². The van der Waals surface area contributed by atoms with Crippen LogP contribution in [0.15, 0.2) is 0 Å². The van der Waals surface area contributed by atoms with Crippen LogP contribution in [0.5, 0.6) is 0 Å². The number of alkyl carbamates (subject to hydrolysis) is 1. The van der Waals surface area contributed by atoms with Crippen LogP contribution in [0.4, 0.5) is 9.59 Å². The number of rotatable bonds is 2. The molecule has 0 aromatic heterocycles. The van der Waals surface area contributed by atoms with Gasteiger partial charge in [0.15, 0.2) is 0 Å². The monoisotopic (exact) mass is 316 g/mol. The van der Waals surface area contributed by atoms with Gasteiger partial charge in [-0.3, -0.25) is 0 Å². The van der Waals surface area contributed by atoms with Crippen molar-refractivity contribution in [3.8, 4) is 0 Å². The molecule has 0 aliphatic carbocycles. The third-order valence-electron chi connectivity index (χ3n) is 2.97. The summed E-state index contributed by atoms with van der Waals surface area (Å²) in [5.41, 5.74) is -1.14. The van der Waals surface area contributed by atoms with Crippen LogP contribution in [0.25, 0.3) is 0 Å². The molecule has 0 unspecified atom stereocenters. The Bertz CT molecular complexity index is 411. The van der Waals surface area contributed by atoms with Crippen molar-refractivity contribution in [3.63, 3.8) is 0 Å². The highest BCUT2D eigenvalue weighted by molar-refractivity contribution is 5.69. The van der Waals surface area contributed by atoms with E-state index in [0.717, 1.165) is 0 Å². The van der Waals surface area contributed by atoms with Crippen molar-refractivity contribution in [1.82, 2.24) is 10.2 Å². The number of β-amino-alcohol motifs (C(OH)–C–C–N with tert-alkyl or cyclic N) is 1. The van der Waals surface area contributed by atoms with E-state index in [1.807, 2.05) is 0 Å². The summed E-state index contributed by atoms with van der Waals surface area (Å²) in [5, 5.41) is 12.6. The molecule has 7 heteroatoms. The summed E-state index contributed by atoms with van der Waals surface area (Å²) in [6, 6.07) is 0. The molecule has 2 amide bonds. The molecule has 1 rings (SSSR count). The molecule has 1 heterocycles. The van der Waals surface area contributed by atoms with E-state index in [4.69, 9.17) is 9.47 Å². The molecule has 1 aliphatic rings. The van der Waals surface area contributed by atoms with E-state index in [1.165, 1.54) is 4.90 Å². The predicted molar refractivity (Wildman–Crippen MR) is 81.5 cm³/mol. The molecule has 1 aliphatic heterocycles. The predicted octanol–water partition coefficient (Wildman–Crippen LogP) is 1.74. The summed E-state index contributed by atoms with van der Waals surface area (Å²) >= 11 is 0. The fraction of sp³-hybridized carbons (Fsp3) is 0.867. The molecule has 22 heavy (non-hydrogen) atoms. The smallest absolute Gasteiger partial charge is 0.410 e. The zero-order chi connectivity index (χ0) is 17.1.